The van der Waals surface area contributed by atoms with Crippen molar-refractivity contribution in [2.24, 2.45) is 5.92 Å². The monoisotopic (exact) mass is 274 g/mol. The minimum Gasteiger partial charge on any atom is -0.312 e. The number of hydrogen-bond donors (Lipinski definition) is 1. The molecule has 0 saturated carbocycles. The predicted molar refractivity (Wildman–Crippen MR) is 87.0 cm³/mol. The molecule has 1 N–H and O–H groups in total. The van der Waals surface area contributed by atoms with E-state index in [4.69, 9.17) is 0 Å². The van der Waals surface area contributed by atoms with Crippen molar-refractivity contribution in [3.63, 3.8) is 0 Å². The maximum absolute atomic E-state index is 3.73. The lowest BCUT2D eigenvalue weighted by molar-refractivity contribution is 0.231. The zero-order valence-electron chi connectivity index (χ0n) is 13.4. The Hall–Kier alpha value is -0.860. The van der Waals surface area contributed by atoms with Crippen molar-refractivity contribution in [1.29, 1.82) is 0 Å². The lowest BCUT2D eigenvalue weighted by Gasteiger charge is -2.28. The van der Waals surface area contributed by atoms with Crippen LogP contribution in [0.1, 0.15) is 44.7 Å². The molecule has 1 heterocycles. The molecule has 1 aliphatic heterocycles. The molecule has 20 heavy (non-hydrogen) atoms. The number of benzene rings is 1. The van der Waals surface area contributed by atoms with Crippen LogP contribution in [-0.2, 0) is 13.0 Å². The van der Waals surface area contributed by atoms with Gasteiger partial charge >= 0.3 is 0 Å². The molecule has 0 amide bonds. The summed E-state index contributed by atoms with van der Waals surface area (Å²) in [4.78, 5) is 2.64. The van der Waals surface area contributed by atoms with E-state index in [0.29, 0.717) is 6.04 Å². The average Bonchev–Trinajstić information content (AvgIpc) is 2.72. The lowest BCUT2D eigenvalue weighted by atomic mass is 9.98. The van der Waals surface area contributed by atoms with E-state index < -0.39 is 0 Å². The fourth-order valence-corrected chi connectivity index (χ4v) is 3.13. The van der Waals surface area contributed by atoms with Gasteiger partial charge in [0, 0.05) is 19.1 Å². The van der Waals surface area contributed by atoms with E-state index in [1.807, 2.05) is 0 Å². The van der Waals surface area contributed by atoms with Gasteiger partial charge in [-0.15, -0.1) is 0 Å². The standard InChI is InChI=1S/C18H30N2/c1-4-15(3)18-14-20(12-8-11-19-18)13-17-10-7-6-9-16(17)5-2/h6-7,9-10,15,18-19H,4-5,8,11-14H2,1-3H3. The summed E-state index contributed by atoms with van der Waals surface area (Å²) in [6.07, 6.45) is 3.66. The van der Waals surface area contributed by atoms with E-state index in [1.54, 1.807) is 0 Å². The smallest absolute Gasteiger partial charge is 0.0237 e. The van der Waals surface area contributed by atoms with Gasteiger partial charge in [0.25, 0.3) is 0 Å². The summed E-state index contributed by atoms with van der Waals surface area (Å²) in [6.45, 7) is 11.6. The Bertz CT molecular complexity index is 402. The Morgan fingerprint density at radius 3 is 2.70 bits per heavy atom. The van der Waals surface area contributed by atoms with E-state index in [0.717, 1.165) is 18.9 Å². The summed E-state index contributed by atoms with van der Waals surface area (Å²) in [7, 11) is 0. The predicted octanol–water partition coefficient (Wildman–Crippen LogP) is 3.46. The maximum atomic E-state index is 3.73. The van der Waals surface area contributed by atoms with Crippen LogP contribution in [0.25, 0.3) is 0 Å². The second-order valence-corrected chi connectivity index (χ2v) is 6.16. The van der Waals surface area contributed by atoms with Crippen LogP contribution in [0.4, 0.5) is 0 Å². The molecule has 2 heteroatoms. The van der Waals surface area contributed by atoms with Crippen LogP contribution < -0.4 is 5.32 Å². The Morgan fingerprint density at radius 2 is 2.00 bits per heavy atom. The first-order chi connectivity index (χ1) is 9.74. The first-order valence-electron chi connectivity index (χ1n) is 8.27. The number of aryl methyl sites for hydroxylation is 1. The number of nitrogens with one attached hydrogen (secondary N) is 1. The maximum Gasteiger partial charge on any atom is 0.0237 e. The van der Waals surface area contributed by atoms with Crippen LogP contribution in [0.5, 0.6) is 0 Å². The summed E-state index contributed by atoms with van der Waals surface area (Å²) in [5, 5.41) is 3.73. The third-order valence-corrected chi connectivity index (χ3v) is 4.74. The number of nitrogens with zero attached hydrogens (tertiary/aromatic N) is 1. The van der Waals surface area contributed by atoms with Crippen LogP contribution in [-0.4, -0.2) is 30.6 Å². The second kappa shape index (κ2) is 7.80. The highest BCUT2D eigenvalue weighted by Crippen LogP contribution is 2.17. The van der Waals surface area contributed by atoms with E-state index >= 15 is 0 Å². The van der Waals surface area contributed by atoms with Crippen molar-refractivity contribution >= 4 is 0 Å². The van der Waals surface area contributed by atoms with Gasteiger partial charge in [0.05, 0.1) is 0 Å². The summed E-state index contributed by atoms with van der Waals surface area (Å²) in [5.74, 6) is 0.761. The molecule has 2 unspecified atom stereocenters. The van der Waals surface area contributed by atoms with Crippen molar-refractivity contribution in [2.45, 2.75) is 52.6 Å². The van der Waals surface area contributed by atoms with Crippen molar-refractivity contribution in [3.05, 3.63) is 35.4 Å². The highest BCUT2D eigenvalue weighted by atomic mass is 15.2. The molecular formula is C18H30N2. The van der Waals surface area contributed by atoms with E-state index in [1.165, 1.54) is 43.6 Å². The normalized spacial score (nSPS) is 22.4. The SMILES string of the molecule is CCc1ccccc1CN1CCCNC(C(C)CC)C1. The Balaban J connectivity index is 2.03. The Labute approximate surface area is 124 Å². The number of hydrogen-bond acceptors (Lipinski definition) is 2. The summed E-state index contributed by atoms with van der Waals surface area (Å²) in [6, 6.07) is 9.56. The first kappa shape index (κ1) is 15.5. The molecule has 0 bridgehead atoms. The minimum atomic E-state index is 0.649. The number of rotatable bonds is 5. The molecule has 112 valence electrons. The molecule has 1 saturated heterocycles. The third kappa shape index (κ3) is 4.07. The van der Waals surface area contributed by atoms with E-state index in [9.17, 15) is 0 Å². The van der Waals surface area contributed by atoms with Gasteiger partial charge in [-0.05, 0) is 43.0 Å². The Kier molecular flexibility index (Phi) is 6.06. The van der Waals surface area contributed by atoms with Crippen molar-refractivity contribution < 1.29 is 0 Å². The van der Waals surface area contributed by atoms with Crippen LogP contribution in [0, 0.1) is 5.92 Å². The minimum absolute atomic E-state index is 0.649. The summed E-state index contributed by atoms with van der Waals surface area (Å²) < 4.78 is 0. The van der Waals surface area contributed by atoms with Gasteiger partial charge in [0.1, 0.15) is 0 Å². The zero-order chi connectivity index (χ0) is 14.4. The van der Waals surface area contributed by atoms with Gasteiger partial charge in [-0.3, -0.25) is 4.90 Å². The molecule has 2 nitrogen and oxygen atoms in total. The largest absolute Gasteiger partial charge is 0.312 e. The van der Waals surface area contributed by atoms with Gasteiger partial charge in [-0.25, -0.2) is 0 Å². The van der Waals surface area contributed by atoms with Crippen LogP contribution in [0.2, 0.25) is 0 Å². The highest BCUT2D eigenvalue weighted by Gasteiger charge is 2.21. The Morgan fingerprint density at radius 1 is 1.25 bits per heavy atom. The molecule has 1 aromatic carbocycles. The second-order valence-electron chi connectivity index (χ2n) is 6.16. The molecular weight excluding hydrogens is 244 g/mol. The molecule has 0 aliphatic carbocycles. The topological polar surface area (TPSA) is 15.3 Å². The molecule has 0 aromatic heterocycles. The van der Waals surface area contributed by atoms with Gasteiger partial charge in [-0.2, -0.15) is 0 Å². The quantitative estimate of drug-likeness (QED) is 0.884. The van der Waals surface area contributed by atoms with Gasteiger partial charge in [-0.1, -0.05) is 51.5 Å². The van der Waals surface area contributed by atoms with Crippen LogP contribution in [0.15, 0.2) is 24.3 Å². The molecule has 1 aromatic rings. The van der Waals surface area contributed by atoms with Crippen molar-refractivity contribution in [2.75, 3.05) is 19.6 Å². The van der Waals surface area contributed by atoms with Crippen molar-refractivity contribution in [1.82, 2.24) is 10.2 Å². The van der Waals surface area contributed by atoms with Crippen molar-refractivity contribution in [3.8, 4) is 0 Å². The lowest BCUT2D eigenvalue weighted by Crippen LogP contribution is -2.41. The third-order valence-electron chi connectivity index (χ3n) is 4.74. The van der Waals surface area contributed by atoms with Gasteiger partial charge < -0.3 is 5.32 Å². The first-order valence-corrected chi connectivity index (χ1v) is 8.27. The molecule has 1 aliphatic rings. The van der Waals surface area contributed by atoms with Crippen LogP contribution >= 0.6 is 0 Å². The van der Waals surface area contributed by atoms with E-state index in [2.05, 4.69) is 55.3 Å². The molecule has 2 atom stereocenters. The zero-order valence-corrected chi connectivity index (χ0v) is 13.4. The van der Waals surface area contributed by atoms with E-state index in [-0.39, 0.29) is 0 Å². The van der Waals surface area contributed by atoms with Crippen LogP contribution in [0.3, 0.4) is 0 Å². The molecule has 1 fully saturated rings. The van der Waals surface area contributed by atoms with Gasteiger partial charge in [0.2, 0.25) is 0 Å². The fraction of sp³-hybridized carbons (Fsp3) is 0.667. The summed E-state index contributed by atoms with van der Waals surface area (Å²) in [5.41, 5.74) is 3.02. The summed E-state index contributed by atoms with van der Waals surface area (Å²) >= 11 is 0. The average molecular weight is 274 g/mol. The fourth-order valence-electron chi connectivity index (χ4n) is 3.13. The van der Waals surface area contributed by atoms with Gasteiger partial charge in [0.15, 0.2) is 0 Å². The molecule has 0 radical (unpaired) electrons. The molecule has 0 spiro atoms. The highest BCUT2D eigenvalue weighted by molar-refractivity contribution is 5.26. The molecule has 2 rings (SSSR count).